The molecule has 0 aliphatic heterocycles. The summed E-state index contributed by atoms with van der Waals surface area (Å²) in [5.74, 6) is -1.19. The maximum absolute atomic E-state index is 13.0. The Morgan fingerprint density at radius 1 is 1.06 bits per heavy atom. The fourth-order valence-electron chi connectivity index (χ4n) is 3.15. The van der Waals surface area contributed by atoms with Gasteiger partial charge in [-0.1, -0.05) is 53.7 Å². The number of fused-ring (bicyclic) bond motifs is 1. The standard InChI is InChI=1S/C22H17ClN4O5S2/c23-16-8-6-14(11-19(16)34(24,31)32)20(28)26-27-18-9-7-15(21(29)30)10-17(18)25-22(27)33-12-13-4-2-1-3-5-13/h1-11H,12H2,(H,26,28)(H,29,30)(H2,24,31,32). The van der Waals surface area contributed by atoms with Crippen LogP contribution in [0.1, 0.15) is 26.3 Å². The van der Waals surface area contributed by atoms with Crippen LogP contribution in [0.3, 0.4) is 0 Å². The highest BCUT2D eigenvalue weighted by Gasteiger charge is 2.19. The number of hydrogen-bond acceptors (Lipinski definition) is 6. The van der Waals surface area contributed by atoms with E-state index >= 15 is 0 Å². The fraction of sp³-hybridized carbons (Fsp3) is 0.0455. The second-order valence-corrected chi connectivity index (χ2v) is 10.0. The second-order valence-electron chi connectivity index (χ2n) is 7.14. The van der Waals surface area contributed by atoms with Gasteiger partial charge in [-0.25, -0.2) is 28.0 Å². The molecule has 0 saturated heterocycles. The maximum Gasteiger partial charge on any atom is 0.335 e. The van der Waals surface area contributed by atoms with Crippen molar-refractivity contribution in [1.29, 1.82) is 0 Å². The molecular weight excluding hydrogens is 500 g/mol. The van der Waals surface area contributed by atoms with E-state index in [4.69, 9.17) is 16.7 Å². The summed E-state index contributed by atoms with van der Waals surface area (Å²) in [7, 11) is -4.14. The van der Waals surface area contributed by atoms with Gasteiger partial charge in [0.15, 0.2) is 5.16 Å². The summed E-state index contributed by atoms with van der Waals surface area (Å²) in [6.45, 7) is 0. The normalized spacial score (nSPS) is 11.5. The number of nitrogens with one attached hydrogen (secondary N) is 1. The van der Waals surface area contributed by atoms with Crippen molar-refractivity contribution in [2.75, 3.05) is 5.43 Å². The first-order chi connectivity index (χ1) is 16.1. The van der Waals surface area contributed by atoms with Crippen LogP contribution in [0.2, 0.25) is 5.02 Å². The van der Waals surface area contributed by atoms with Crippen LogP contribution in [0, 0.1) is 0 Å². The third kappa shape index (κ3) is 5.07. The third-order valence-corrected chi connectivity index (χ3v) is 7.20. The number of carbonyl (C=O) groups excluding carboxylic acids is 1. The van der Waals surface area contributed by atoms with Gasteiger partial charge in [0.2, 0.25) is 10.0 Å². The number of sulfonamides is 1. The lowest BCUT2D eigenvalue weighted by atomic mass is 10.2. The molecule has 0 unspecified atom stereocenters. The van der Waals surface area contributed by atoms with E-state index in [0.717, 1.165) is 11.6 Å². The number of benzene rings is 3. The number of nitrogens with two attached hydrogens (primary N) is 1. The minimum Gasteiger partial charge on any atom is -0.478 e. The van der Waals surface area contributed by atoms with Gasteiger partial charge in [-0.15, -0.1) is 0 Å². The third-order valence-electron chi connectivity index (χ3n) is 4.79. The summed E-state index contributed by atoms with van der Waals surface area (Å²) in [6, 6.07) is 17.7. The fourth-order valence-corrected chi connectivity index (χ4v) is 5.14. The van der Waals surface area contributed by atoms with Gasteiger partial charge < -0.3 is 5.11 Å². The van der Waals surface area contributed by atoms with Crippen molar-refractivity contribution in [3.8, 4) is 0 Å². The molecule has 0 fully saturated rings. The van der Waals surface area contributed by atoms with Gasteiger partial charge in [0.1, 0.15) is 4.90 Å². The zero-order valence-corrected chi connectivity index (χ0v) is 19.7. The minimum atomic E-state index is -4.14. The Labute approximate surface area is 203 Å². The highest BCUT2D eigenvalue weighted by atomic mass is 35.5. The molecule has 0 atom stereocenters. The molecule has 12 heteroatoms. The van der Waals surface area contributed by atoms with Crippen LogP contribution in [0.5, 0.6) is 0 Å². The van der Waals surface area contributed by atoms with E-state index in [9.17, 15) is 23.1 Å². The van der Waals surface area contributed by atoms with E-state index in [1.54, 1.807) is 0 Å². The molecule has 4 rings (SSSR count). The van der Waals surface area contributed by atoms with Crippen LogP contribution in [-0.4, -0.2) is 35.1 Å². The van der Waals surface area contributed by atoms with Crippen molar-refractivity contribution in [1.82, 2.24) is 9.66 Å². The summed E-state index contributed by atoms with van der Waals surface area (Å²) < 4.78 is 25.0. The number of carboxylic acid groups (broad SMARTS) is 1. The van der Waals surface area contributed by atoms with E-state index in [1.807, 2.05) is 30.3 Å². The molecule has 1 amide bonds. The Bertz CT molecular complexity index is 1520. The lowest BCUT2D eigenvalue weighted by Gasteiger charge is -2.12. The monoisotopic (exact) mass is 516 g/mol. The van der Waals surface area contributed by atoms with Crippen molar-refractivity contribution in [2.45, 2.75) is 15.8 Å². The average Bonchev–Trinajstić information content (AvgIpc) is 3.14. The van der Waals surface area contributed by atoms with Crippen molar-refractivity contribution in [3.63, 3.8) is 0 Å². The van der Waals surface area contributed by atoms with Crippen molar-refractivity contribution in [3.05, 3.63) is 88.4 Å². The number of nitrogens with zero attached hydrogens (tertiary/aromatic N) is 2. The van der Waals surface area contributed by atoms with Crippen molar-refractivity contribution < 1.29 is 23.1 Å². The SMILES string of the molecule is NS(=O)(=O)c1cc(C(=O)Nn2c(SCc3ccccc3)nc3cc(C(=O)O)ccc32)ccc1Cl. The number of aromatic nitrogens is 2. The van der Waals surface area contributed by atoms with E-state index in [0.29, 0.717) is 21.9 Å². The van der Waals surface area contributed by atoms with Gasteiger partial charge in [0.05, 0.1) is 21.6 Å². The van der Waals surface area contributed by atoms with Crippen LogP contribution in [0.4, 0.5) is 0 Å². The predicted octanol–water partition coefficient (Wildman–Crippen LogP) is 3.71. The molecule has 0 saturated carbocycles. The molecule has 4 aromatic rings. The summed E-state index contributed by atoms with van der Waals surface area (Å²) in [5.41, 5.74) is 4.63. The lowest BCUT2D eigenvalue weighted by Crippen LogP contribution is -2.24. The molecule has 174 valence electrons. The Balaban J connectivity index is 1.72. The van der Waals surface area contributed by atoms with Crippen LogP contribution in [0.15, 0.2) is 76.8 Å². The molecular formula is C22H17ClN4O5S2. The quantitative estimate of drug-likeness (QED) is 0.317. The van der Waals surface area contributed by atoms with E-state index < -0.39 is 21.9 Å². The smallest absolute Gasteiger partial charge is 0.335 e. The number of imidazole rings is 1. The highest BCUT2D eigenvalue weighted by molar-refractivity contribution is 7.98. The average molecular weight is 517 g/mol. The molecule has 4 N–H and O–H groups in total. The number of carboxylic acids is 1. The van der Waals surface area contributed by atoms with E-state index in [-0.39, 0.29) is 21.0 Å². The number of rotatable bonds is 7. The molecule has 0 bridgehead atoms. The maximum atomic E-state index is 13.0. The molecule has 1 heterocycles. The number of hydrogen-bond donors (Lipinski definition) is 3. The number of amides is 1. The van der Waals surface area contributed by atoms with E-state index in [1.165, 1.54) is 46.8 Å². The Morgan fingerprint density at radius 3 is 2.44 bits per heavy atom. The summed E-state index contributed by atoms with van der Waals surface area (Å²) >= 11 is 7.25. The number of halogens is 1. The largest absolute Gasteiger partial charge is 0.478 e. The topological polar surface area (TPSA) is 144 Å². The van der Waals surface area contributed by atoms with Gasteiger partial charge in [0.25, 0.3) is 5.91 Å². The van der Waals surface area contributed by atoms with E-state index in [2.05, 4.69) is 10.4 Å². The van der Waals surface area contributed by atoms with Gasteiger partial charge in [-0.3, -0.25) is 10.2 Å². The molecule has 1 aromatic heterocycles. The first kappa shape index (κ1) is 23.8. The second kappa shape index (κ2) is 9.47. The summed E-state index contributed by atoms with van der Waals surface area (Å²) in [5, 5.41) is 14.8. The molecule has 3 aromatic carbocycles. The van der Waals surface area contributed by atoms with Gasteiger partial charge in [-0.2, -0.15) is 0 Å². The minimum absolute atomic E-state index is 0.0106. The molecule has 0 radical (unpaired) electrons. The van der Waals surface area contributed by atoms with Crippen LogP contribution >= 0.6 is 23.4 Å². The number of primary sulfonamides is 1. The zero-order valence-electron chi connectivity index (χ0n) is 17.3. The molecule has 9 nitrogen and oxygen atoms in total. The zero-order chi connectivity index (χ0) is 24.5. The van der Waals surface area contributed by atoms with Crippen LogP contribution in [0.25, 0.3) is 11.0 Å². The van der Waals surface area contributed by atoms with Crippen molar-refractivity contribution >= 4 is 56.3 Å². The Hall–Kier alpha value is -3.38. The molecule has 34 heavy (non-hydrogen) atoms. The number of carbonyl (C=O) groups is 2. The lowest BCUT2D eigenvalue weighted by molar-refractivity contribution is 0.0696. The molecule has 0 spiro atoms. The number of thioether (sulfide) groups is 1. The number of aromatic carboxylic acids is 1. The molecule has 0 aliphatic carbocycles. The Kier molecular flexibility index (Phi) is 6.62. The van der Waals surface area contributed by atoms with Gasteiger partial charge in [-0.05, 0) is 42.0 Å². The first-order valence-corrected chi connectivity index (χ1v) is 12.6. The summed E-state index contributed by atoms with van der Waals surface area (Å²) in [4.78, 5) is 28.5. The predicted molar refractivity (Wildman–Crippen MR) is 129 cm³/mol. The van der Waals surface area contributed by atoms with Crippen molar-refractivity contribution in [2.24, 2.45) is 5.14 Å². The first-order valence-electron chi connectivity index (χ1n) is 9.70. The van der Waals surface area contributed by atoms with Crippen LogP contribution in [-0.2, 0) is 15.8 Å². The van der Waals surface area contributed by atoms with Gasteiger partial charge >= 0.3 is 5.97 Å². The van der Waals surface area contributed by atoms with Gasteiger partial charge in [0, 0.05) is 11.3 Å². The molecule has 0 aliphatic rings. The van der Waals surface area contributed by atoms with Crippen LogP contribution < -0.4 is 10.6 Å². The highest BCUT2D eigenvalue weighted by Crippen LogP contribution is 2.27. The Morgan fingerprint density at radius 2 is 1.76 bits per heavy atom. The summed E-state index contributed by atoms with van der Waals surface area (Å²) in [6.07, 6.45) is 0.